The number of nitrogens with zero attached hydrogens (tertiary/aromatic N) is 3. The number of hydrogen-bond donors (Lipinski definition) is 1. The zero-order valence-corrected chi connectivity index (χ0v) is 9.84. The van der Waals surface area contributed by atoms with Gasteiger partial charge in [-0.15, -0.1) is 0 Å². The van der Waals surface area contributed by atoms with Gasteiger partial charge in [0.1, 0.15) is 11.7 Å². The first kappa shape index (κ1) is 11.4. The highest BCUT2D eigenvalue weighted by Crippen LogP contribution is 2.18. The van der Waals surface area contributed by atoms with Crippen molar-refractivity contribution in [1.29, 1.82) is 0 Å². The van der Waals surface area contributed by atoms with Gasteiger partial charge in [0.25, 0.3) is 5.56 Å². The molecule has 0 saturated carbocycles. The normalized spacial score (nSPS) is 12.9. The van der Waals surface area contributed by atoms with Gasteiger partial charge in [-0.05, 0) is 19.4 Å². The van der Waals surface area contributed by atoms with Gasteiger partial charge in [-0.3, -0.25) is 14.0 Å². The van der Waals surface area contributed by atoms with E-state index in [-0.39, 0.29) is 5.56 Å². The summed E-state index contributed by atoms with van der Waals surface area (Å²) in [5.41, 5.74) is 1.00. The largest absolute Gasteiger partial charge is 0.480 e. The molecule has 1 N–H and O–H groups in total. The number of carboxylic acid groups (broad SMARTS) is 1. The van der Waals surface area contributed by atoms with Gasteiger partial charge in [-0.25, -0.2) is 4.79 Å². The molecule has 0 fully saturated rings. The van der Waals surface area contributed by atoms with E-state index in [1.807, 2.05) is 0 Å². The summed E-state index contributed by atoms with van der Waals surface area (Å²) in [5.74, 6) is -1.04. The van der Waals surface area contributed by atoms with Gasteiger partial charge in [0.05, 0.1) is 6.20 Å². The molecular weight excluding hydrogens is 222 g/mol. The van der Waals surface area contributed by atoms with Crippen LogP contribution in [0.4, 0.5) is 0 Å². The highest BCUT2D eigenvalue weighted by Gasteiger charge is 2.20. The summed E-state index contributed by atoms with van der Waals surface area (Å²) in [4.78, 5) is 22.9. The topological polar surface area (TPSA) is 77.1 Å². The van der Waals surface area contributed by atoms with Crippen LogP contribution >= 0.6 is 0 Å². The average molecular weight is 235 g/mol. The fourth-order valence-electron chi connectivity index (χ4n) is 1.92. The molecular formula is C11H13N3O3. The first-order valence-corrected chi connectivity index (χ1v) is 5.20. The molecule has 1 atom stereocenters. The van der Waals surface area contributed by atoms with Gasteiger partial charge in [0.2, 0.25) is 0 Å². The molecule has 0 aliphatic rings. The van der Waals surface area contributed by atoms with Crippen LogP contribution in [0.2, 0.25) is 0 Å². The minimum atomic E-state index is -1.04. The Kier molecular flexibility index (Phi) is 2.49. The third-order valence-corrected chi connectivity index (χ3v) is 2.88. The number of carboxylic acids is 1. The lowest BCUT2D eigenvalue weighted by Crippen LogP contribution is -2.29. The van der Waals surface area contributed by atoms with Gasteiger partial charge < -0.3 is 5.11 Å². The molecule has 0 saturated heterocycles. The Bertz CT molecular complexity index is 654. The van der Waals surface area contributed by atoms with E-state index in [0.29, 0.717) is 5.65 Å². The highest BCUT2D eigenvalue weighted by atomic mass is 16.4. The smallest absolute Gasteiger partial charge is 0.326 e. The third kappa shape index (κ3) is 1.61. The molecule has 0 aromatic carbocycles. The number of rotatable bonds is 2. The first-order chi connectivity index (χ1) is 7.93. The Morgan fingerprint density at radius 1 is 1.53 bits per heavy atom. The lowest BCUT2D eigenvalue weighted by atomic mass is 10.2. The van der Waals surface area contributed by atoms with Gasteiger partial charge in [0, 0.05) is 18.5 Å². The van der Waals surface area contributed by atoms with E-state index in [9.17, 15) is 9.59 Å². The fourth-order valence-corrected chi connectivity index (χ4v) is 1.92. The van der Waals surface area contributed by atoms with Crippen LogP contribution in [0.3, 0.4) is 0 Å². The number of carbonyl (C=O) groups is 1. The molecule has 2 rings (SSSR count). The number of aryl methyl sites for hydroxylation is 2. The number of hydrogen-bond acceptors (Lipinski definition) is 3. The second-order valence-electron chi connectivity index (χ2n) is 4.06. The van der Waals surface area contributed by atoms with E-state index in [0.717, 1.165) is 10.9 Å². The van der Waals surface area contributed by atoms with Crippen molar-refractivity contribution in [3.05, 3.63) is 28.2 Å². The Morgan fingerprint density at radius 3 is 2.76 bits per heavy atom. The van der Waals surface area contributed by atoms with E-state index >= 15 is 0 Å². The van der Waals surface area contributed by atoms with Crippen molar-refractivity contribution in [2.75, 3.05) is 0 Å². The molecule has 2 heterocycles. The first-order valence-electron chi connectivity index (χ1n) is 5.20. The molecule has 6 heteroatoms. The average Bonchev–Trinajstić information content (AvgIpc) is 2.61. The quantitative estimate of drug-likeness (QED) is 0.830. The standard InChI is InChI=1S/C11H13N3O3/c1-6-4-9(15)14(7(2)11(16)17)10-8(6)5-12-13(10)3/h4-5,7H,1-3H3,(H,16,17). The van der Waals surface area contributed by atoms with Crippen molar-refractivity contribution < 1.29 is 9.90 Å². The molecule has 0 radical (unpaired) electrons. The van der Waals surface area contributed by atoms with Crippen LogP contribution in [-0.4, -0.2) is 25.4 Å². The Morgan fingerprint density at radius 2 is 2.18 bits per heavy atom. The molecule has 1 unspecified atom stereocenters. The molecule has 2 aromatic heterocycles. The maximum atomic E-state index is 11.9. The van der Waals surface area contributed by atoms with Crippen molar-refractivity contribution in [3.8, 4) is 0 Å². The molecule has 90 valence electrons. The molecule has 17 heavy (non-hydrogen) atoms. The van der Waals surface area contributed by atoms with Crippen LogP contribution in [0.25, 0.3) is 11.0 Å². The van der Waals surface area contributed by atoms with Gasteiger partial charge in [-0.1, -0.05) is 0 Å². The summed E-state index contributed by atoms with van der Waals surface area (Å²) in [6.45, 7) is 3.28. The predicted octanol–water partition coefficient (Wildman–Crippen LogP) is 0.689. The van der Waals surface area contributed by atoms with Gasteiger partial charge >= 0.3 is 5.97 Å². The molecule has 6 nitrogen and oxygen atoms in total. The predicted molar refractivity (Wildman–Crippen MR) is 62.1 cm³/mol. The monoisotopic (exact) mass is 235 g/mol. The number of fused-ring (bicyclic) bond motifs is 1. The van der Waals surface area contributed by atoms with Crippen LogP contribution < -0.4 is 5.56 Å². The Hall–Kier alpha value is -2.11. The van der Waals surface area contributed by atoms with E-state index in [2.05, 4.69) is 5.10 Å². The van der Waals surface area contributed by atoms with Crippen LogP contribution in [0.5, 0.6) is 0 Å². The summed E-state index contributed by atoms with van der Waals surface area (Å²) in [7, 11) is 1.69. The molecule has 0 amide bonds. The number of pyridine rings is 1. The second-order valence-corrected chi connectivity index (χ2v) is 4.06. The van der Waals surface area contributed by atoms with E-state index in [1.54, 1.807) is 20.2 Å². The minimum Gasteiger partial charge on any atom is -0.480 e. The maximum Gasteiger partial charge on any atom is 0.326 e. The van der Waals surface area contributed by atoms with Crippen molar-refractivity contribution in [1.82, 2.24) is 14.3 Å². The summed E-state index contributed by atoms with van der Waals surface area (Å²) in [6.07, 6.45) is 1.63. The zero-order chi connectivity index (χ0) is 12.7. The summed E-state index contributed by atoms with van der Waals surface area (Å²) in [6, 6.07) is 0.518. The minimum absolute atomic E-state index is 0.325. The van der Waals surface area contributed by atoms with E-state index in [4.69, 9.17) is 5.11 Å². The summed E-state index contributed by atoms with van der Waals surface area (Å²) in [5, 5.41) is 13.9. The Labute approximate surface area is 97.1 Å². The van der Waals surface area contributed by atoms with Gasteiger partial charge in [0.15, 0.2) is 0 Å². The maximum absolute atomic E-state index is 11.9. The zero-order valence-electron chi connectivity index (χ0n) is 9.84. The number of aliphatic carboxylic acids is 1. The number of aromatic nitrogens is 3. The van der Waals surface area contributed by atoms with Crippen LogP contribution in [0.1, 0.15) is 18.5 Å². The van der Waals surface area contributed by atoms with Crippen LogP contribution in [0, 0.1) is 6.92 Å². The van der Waals surface area contributed by atoms with Crippen molar-refractivity contribution in [3.63, 3.8) is 0 Å². The van der Waals surface area contributed by atoms with Crippen molar-refractivity contribution in [2.45, 2.75) is 19.9 Å². The lowest BCUT2D eigenvalue weighted by Gasteiger charge is -2.13. The fraction of sp³-hybridized carbons (Fsp3) is 0.364. The Balaban J connectivity index is 2.91. The summed E-state index contributed by atoms with van der Waals surface area (Å²) >= 11 is 0. The molecule has 0 bridgehead atoms. The molecule has 0 aliphatic heterocycles. The van der Waals surface area contributed by atoms with Crippen LogP contribution in [0.15, 0.2) is 17.1 Å². The van der Waals surface area contributed by atoms with Crippen molar-refractivity contribution in [2.24, 2.45) is 7.05 Å². The molecule has 2 aromatic rings. The van der Waals surface area contributed by atoms with Crippen molar-refractivity contribution >= 4 is 17.0 Å². The summed E-state index contributed by atoms with van der Waals surface area (Å²) < 4.78 is 2.76. The highest BCUT2D eigenvalue weighted by molar-refractivity contribution is 5.81. The second kappa shape index (κ2) is 3.73. The third-order valence-electron chi connectivity index (χ3n) is 2.88. The lowest BCUT2D eigenvalue weighted by molar-refractivity contribution is -0.140. The van der Waals surface area contributed by atoms with Crippen LogP contribution in [-0.2, 0) is 11.8 Å². The van der Waals surface area contributed by atoms with Gasteiger partial charge in [-0.2, -0.15) is 5.10 Å². The molecule has 0 spiro atoms. The SMILES string of the molecule is Cc1cc(=O)n(C(C)C(=O)O)c2c1cnn2C. The van der Waals surface area contributed by atoms with E-state index < -0.39 is 12.0 Å². The van der Waals surface area contributed by atoms with E-state index in [1.165, 1.54) is 22.2 Å². The molecule has 0 aliphatic carbocycles.